The Balaban J connectivity index is 2.23. The van der Waals surface area contributed by atoms with Crippen LogP contribution in [0.15, 0.2) is 17.4 Å². The lowest BCUT2D eigenvalue weighted by molar-refractivity contribution is 0.594. The van der Waals surface area contributed by atoms with E-state index in [0.717, 1.165) is 24.8 Å². The fraction of sp³-hybridized carbons (Fsp3) is 0.364. The molecule has 1 aliphatic rings. The van der Waals surface area contributed by atoms with Crippen molar-refractivity contribution in [1.29, 1.82) is 0 Å². The van der Waals surface area contributed by atoms with Crippen LogP contribution in [-0.4, -0.2) is 29.6 Å². The molecule has 2 aromatic heterocycles. The maximum Gasteiger partial charge on any atom is 0.248 e. The SMILES string of the molecule is CS(=O)(=O)c1nc(Cl)c2cc(C3CC3)ncc2n1. The van der Waals surface area contributed by atoms with Gasteiger partial charge in [-0.05, 0) is 18.9 Å². The average Bonchev–Trinajstić information content (AvgIpc) is 3.11. The molecule has 0 saturated heterocycles. The molecule has 1 aliphatic carbocycles. The first kappa shape index (κ1) is 11.8. The maximum absolute atomic E-state index is 11.4. The Morgan fingerprint density at radius 3 is 2.67 bits per heavy atom. The number of hydrogen-bond acceptors (Lipinski definition) is 5. The zero-order valence-electron chi connectivity index (χ0n) is 9.59. The monoisotopic (exact) mass is 283 g/mol. The lowest BCUT2D eigenvalue weighted by atomic mass is 10.2. The minimum atomic E-state index is -3.47. The summed E-state index contributed by atoms with van der Waals surface area (Å²) in [6.45, 7) is 0. The second-order valence-corrected chi connectivity index (χ2v) is 6.74. The number of fused-ring (bicyclic) bond motifs is 1. The van der Waals surface area contributed by atoms with E-state index in [1.807, 2.05) is 6.07 Å². The molecule has 3 rings (SSSR count). The first-order chi connectivity index (χ1) is 8.45. The van der Waals surface area contributed by atoms with E-state index in [1.165, 1.54) is 0 Å². The number of aromatic nitrogens is 3. The molecule has 0 radical (unpaired) electrons. The highest BCUT2D eigenvalue weighted by Crippen LogP contribution is 2.40. The van der Waals surface area contributed by atoms with E-state index in [1.54, 1.807) is 6.20 Å². The Morgan fingerprint density at radius 2 is 2.06 bits per heavy atom. The zero-order valence-corrected chi connectivity index (χ0v) is 11.2. The van der Waals surface area contributed by atoms with Gasteiger partial charge in [0.1, 0.15) is 5.15 Å². The van der Waals surface area contributed by atoms with Crippen LogP contribution in [0.25, 0.3) is 10.9 Å². The van der Waals surface area contributed by atoms with Crippen molar-refractivity contribution < 1.29 is 8.42 Å². The van der Waals surface area contributed by atoms with Gasteiger partial charge in [-0.2, -0.15) is 0 Å². The van der Waals surface area contributed by atoms with Gasteiger partial charge in [-0.25, -0.2) is 18.4 Å². The molecule has 5 nitrogen and oxygen atoms in total. The van der Waals surface area contributed by atoms with Gasteiger partial charge in [-0.3, -0.25) is 4.98 Å². The van der Waals surface area contributed by atoms with Crippen LogP contribution >= 0.6 is 11.6 Å². The Morgan fingerprint density at radius 1 is 1.33 bits per heavy atom. The van der Waals surface area contributed by atoms with Gasteiger partial charge in [0.15, 0.2) is 0 Å². The Hall–Kier alpha value is -1.27. The molecule has 2 aromatic rings. The van der Waals surface area contributed by atoms with Crippen LogP contribution in [0.1, 0.15) is 24.5 Å². The molecule has 0 bridgehead atoms. The van der Waals surface area contributed by atoms with Gasteiger partial charge < -0.3 is 0 Å². The average molecular weight is 284 g/mol. The number of halogens is 1. The molecule has 0 spiro atoms. The number of hydrogen-bond donors (Lipinski definition) is 0. The summed E-state index contributed by atoms with van der Waals surface area (Å²) >= 11 is 6.02. The smallest absolute Gasteiger partial charge is 0.248 e. The van der Waals surface area contributed by atoms with Crippen molar-refractivity contribution in [3.8, 4) is 0 Å². The Kier molecular flexibility index (Phi) is 2.53. The molecule has 0 N–H and O–H groups in total. The summed E-state index contributed by atoms with van der Waals surface area (Å²) in [5, 5.41) is 0.548. The summed E-state index contributed by atoms with van der Waals surface area (Å²) in [7, 11) is -3.47. The summed E-state index contributed by atoms with van der Waals surface area (Å²) < 4.78 is 22.8. The third-order valence-electron chi connectivity index (χ3n) is 2.86. The normalized spacial score (nSPS) is 16.1. The van der Waals surface area contributed by atoms with Gasteiger partial charge >= 0.3 is 0 Å². The molecule has 0 aliphatic heterocycles. The predicted molar refractivity (Wildman–Crippen MR) is 67.4 cm³/mol. The number of sulfone groups is 1. The number of nitrogens with zero attached hydrogens (tertiary/aromatic N) is 3. The van der Waals surface area contributed by atoms with Gasteiger partial charge in [0.05, 0.1) is 11.7 Å². The van der Waals surface area contributed by atoms with Gasteiger partial charge in [0, 0.05) is 23.3 Å². The quantitative estimate of drug-likeness (QED) is 0.622. The summed E-state index contributed by atoms with van der Waals surface area (Å²) in [5.74, 6) is 0.500. The van der Waals surface area contributed by atoms with Crippen LogP contribution in [0.4, 0.5) is 0 Å². The first-order valence-electron chi connectivity index (χ1n) is 5.48. The highest BCUT2D eigenvalue weighted by molar-refractivity contribution is 7.90. The van der Waals surface area contributed by atoms with Crippen LogP contribution < -0.4 is 0 Å². The summed E-state index contributed by atoms with van der Waals surface area (Å²) in [4.78, 5) is 12.1. The van der Waals surface area contributed by atoms with E-state index in [4.69, 9.17) is 11.6 Å². The first-order valence-corrected chi connectivity index (χ1v) is 7.75. The molecule has 94 valence electrons. The molecule has 0 aromatic carbocycles. The van der Waals surface area contributed by atoms with Crippen molar-refractivity contribution >= 4 is 32.3 Å². The third kappa shape index (κ3) is 2.06. The van der Waals surface area contributed by atoms with Crippen LogP contribution in [0.5, 0.6) is 0 Å². The van der Waals surface area contributed by atoms with E-state index < -0.39 is 9.84 Å². The lowest BCUT2D eigenvalue weighted by Crippen LogP contribution is -2.05. The second kappa shape index (κ2) is 3.86. The van der Waals surface area contributed by atoms with Gasteiger partial charge in [-0.15, -0.1) is 0 Å². The fourth-order valence-electron chi connectivity index (χ4n) is 1.76. The molecule has 18 heavy (non-hydrogen) atoms. The van der Waals surface area contributed by atoms with Crippen molar-refractivity contribution in [2.75, 3.05) is 6.26 Å². The molecule has 0 unspecified atom stereocenters. The van der Waals surface area contributed by atoms with Gasteiger partial charge in [-0.1, -0.05) is 11.6 Å². The molecule has 1 fully saturated rings. The highest BCUT2D eigenvalue weighted by atomic mass is 35.5. The molecular weight excluding hydrogens is 274 g/mol. The predicted octanol–water partition coefficient (Wildman–Crippen LogP) is 1.96. The summed E-state index contributed by atoms with van der Waals surface area (Å²) in [5.41, 5.74) is 1.43. The van der Waals surface area contributed by atoms with E-state index in [9.17, 15) is 8.42 Å². The highest BCUT2D eigenvalue weighted by Gasteiger charge is 2.25. The minimum Gasteiger partial charge on any atom is -0.259 e. The van der Waals surface area contributed by atoms with E-state index in [-0.39, 0.29) is 10.3 Å². The van der Waals surface area contributed by atoms with Crippen LogP contribution in [-0.2, 0) is 9.84 Å². The number of pyridine rings is 1. The molecular formula is C11H10ClN3O2S. The van der Waals surface area contributed by atoms with Gasteiger partial charge in [0.25, 0.3) is 0 Å². The van der Waals surface area contributed by atoms with E-state index in [2.05, 4.69) is 15.0 Å². The van der Waals surface area contributed by atoms with E-state index in [0.29, 0.717) is 16.8 Å². The van der Waals surface area contributed by atoms with Gasteiger partial charge in [0.2, 0.25) is 15.0 Å². The second-order valence-electron chi connectivity index (χ2n) is 4.47. The van der Waals surface area contributed by atoms with Crippen molar-refractivity contribution in [3.05, 3.63) is 23.1 Å². The molecule has 0 amide bonds. The van der Waals surface area contributed by atoms with Crippen LogP contribution in [0.3, 0.4) is 0 Å². The van der Waals surface area contributed by atoms with Crippen molar-refractivity contribution in [3.63, 3.8) is 0 Å². The zero-order chi connectivity index (χ0) is 12.9. The Labute approximate surface area is 109 Å². The van der Waals surface area contributed by atoms with Crippen molar-refractivity contribution in [1.82, 2.24) is 15.0 Å². The number of rotatable bonds is 2. The lowest BCUT2D eigenvalue weighted by Gasteiger charge is -2.04. The molecule has 0 atom stereocenters. The van der Waals surface area contributed by atoms with Crippen molar-refractivity contribution in [2.24, 2.45) is 0 Å². The summed E-state index contributed by atoms with van der Waals surface area (Å²) in [6, 6.07) is 1.85. The van der Waals surface area contributed by atoms with Crippen LogP contribution in [0, 0.1) is 0 Å². The maximum atomic E-state index is 11.4. The third-order valence-corrected chi connectivity index (χ3v) is 4.00. The molecule has 1 saturated carbocycles. The summed E-state index contributed by atoms with van der Waals surface area (Å²) in [6.07, 6.45) is 4.89. The van der Waals surface area contributed by atoms with Crippen LogP contribution in [0.2, 0.25) is 5.15 Å². The van der Waals surface area contributed by atoms with Crippen molar-refractivity contribution in [2.45, 2.75) is 23.9 Å². The fourth-order valence-corrected chi connectivity index (χ4v) is 2.56. The standard InChI is InChI=1S/C11H10ClN3O2S/c1-18(16,17)11-14-9-5-13-8(6-2-3-6)4-7(9)10(12)15-11/h4-6H,2-3H2,1H3. The molecule has 2 heterocycles. The topological polar surface area (TPSA) is 72.8 Å². The van der Waals surface area contributed by atoms with E-state index >= 15 is 0 Å². The molecule has 7 heteroatoms. The Bertz CT molecular complexity index is 741. The largest absolute Gasteiger partial charge is 0.259 e. The minimum absolute atomic E-state index is 0.157.